The van der Waals surface area contributed by atoms with Crippen molar-refractivity contribution in [2.45, 2.75) is 46.1 Å². The number of benzene rings is 1. The molecule has 1 aromatic rings. The van der Waals surface area contributed by atoms with Gasteiger partial charge in [-0.3, -0.25) is 0 Å². The molecule has 1 rings (SSSR count). The van der Waals surface area contributed by atoms with E-state index in [1.165, 1.54) is 25.7 Å². The molecule has 4 nitrogen and oxygen atoms in total. The van der Waals surface area contributed by atoms with Crippen LogP contribution in [-0.2, 0) is 6.54 Å². The molecule has 0 aliphatic heterocycles. The van der Waals surface area contributed by atoms with Crippen molar-refractivity contribution in [1.82, 2.24) is 5.32 Å². The van der Waals surface area contributed by atoms with Crippen LogP contribution >= 0.6 is 0 Å². The molecular formula is C17H29NO3. The third-order valence-corrected chi connectivity index (χ3v) is 3.85. The summed E-state index contributed by atoms with van der Waals surface area (Å²) in [5.41, 5.74) is 1.05. The number of nitrogens with one attached hydrogen (secondary N) is 1. The van der Waals surface area contributed by atoms with Gasteiger partial charge in [-0.05, 0) is 36.6 Å². The molecular weight excluding hydrogens is 266 g/mol. The zero-order valence-corrected chi connectivity index (χ0v) is 13.7. The molecule has 0 radical (unpaired) electrons. The van der Waals surface area contributed by atoms with Gasteiger partial charge < -0.3 is 19.9 Å². The predicted octanol–water partition coefficient (Wildman–Crippen LogP) is 3.72. The number of methoxy groups -OCH3 is 2. The van der Waals surface area contributed by atoms with Crippen molar-refractivity contribution in [3.05, 3.63) is 17.7 Å². The second-order valence-electron chi connectivity index (χ2n) is 5.40. The molecule has 0 aliphatic rings. The van der Waals surface area contributed by atoms with Gasteiger partial charge in [0.25, 0.3) is 0 Å². The molecule has 21 heavy (non-hydrogen) atoms. The summed E-state index contributed by atoms with van der Waals surface area (Å²) in [4.78, 5) is 0. The maximum absolute atomic E-state index is 9.89. The summed E-state index contributed by atoms with van der Waals surface area (Å²) in [6.45, 7) is 6.24. The molecule has 1 atom stereocenters. The van der Waals surface area contributed by atoms with E-state index in [1.807, 2.05) is 12.1 Å². The van der Waals surface area contributed by atoms with E-state index in [2.05, 4.69) is 19.2 Å². The highest BCUT2D eigenvalue weighted by atomic mass is 16.5. The molecule has 0 aliphatic carbocycles. The summed E-state index contributed by atoms with van der Waals surface area (Å²) < 4.78 is 10.3. The number of hydrogen-bond acceptors (Lipinski definition) is 4. The van der Waals surface area contributed by atoms with Crippen LogP contribution in [0.4, 0.5) is 0 Å². The number of phenolic OH excluding ortho intramolecular Hbond substituents is 1. The summed E-state index contributed by atoms with van der Waals surface area (Å²) in [6, 6.07) is 3.69. The van der Waals surface area contributed by atoms with E-state index >= 15 is 0 Å². The fourth-order valence-electron chi connectivity index (χ4n) is 2.41. The second kappa shape index (κ2) is 9.50. The van der Waals surface area contributed by atoms with Gasteiger partial charge in [-0.15, -0.1) is 0 Å². The van der Waals surface area contributed by atoms with Gasteiger partial charge in [0.15, 0.2) is 11.5 Å². The molecule has 2 N–H and O–H groups in total. The molecule has 0 fully saturated rings. The highest BCUT2D eigenvalue weighted by Gasteiger charge is 2.11. The average Bonchev–Trinajstić information content (AvgIpc) is 2.51. The SMILES string of the molecule is CCCCC(CC)CNCc1cc(OC)c(O)c(OC)c1. The van der Waals surface area contributed by atoms with E-state index in [9.17, 15) is 5.11 Å². The number of rotatable bonds is 10. The Morgan fingerprint density at radius 1 is 1.14 bits per heavy atom. The highest BCUT2D eigenvalue weighted by Crippen LogP contribution is 2.37. The van der Waals surface area contributed by atoms with Crippen molar-refractivity contribution in [1.29, 1.82) is 0 Å². The largest absolute Gasteiger partial charge is 0.502 e. The minimum atomic E-state index is 0.0538. The van der Waals surface area contributed by atoms with E-state index in [0.717, 1.165) is 24.6 Å². The zero-order valence-electron chi connectivity index (χ0n) is 13.7. The molecule has 0 bridgehead atoms. The first-order valence-electron chi connectivity index (χ1n) is 7.80. The minimum Gasteiger partial charge on any atom is -0.502 e. The van der Waals surface area contributed by atoms with Gasteiger partial charge in [0.1, 0.15) is 0 Å². The molecule has 0 spiro atoms. The second-order valence-corrected chi connectivity index (χ2v) is 5.40. The fourth-order valence-corrected chi connectivity index (χ4v) is 2.41. The molecule has 0 saturated heterocycles. The van der Waals surface area contributed by atoms with Crippen LogP contribution in [0.3, 0.4) is 0 Å². The number of hydrogen-bond donors (Lipinski definition) is 2. The third-order valence-electron chi connectivity index (χ3n) is 3.85. The molecule has 1 unspecified atom stereocenters. The Morgan fingerprint density at radius 2 is 1.76 bits per heavy atom. The van der Waals surface area contributed by atoms with Crippen molar-refractivity contribution >= 4 is 0 Å². The van der Waals surface area contributed by atoms with Gasteiger partial charge in [0.05, 0.1) is 14.2 Å². The van der Waals surface area contributed by atoms with E-state index in [4.69, 9.17) is 9.47 Å². The van der Waals surface area contributed by atoms with Crippen molar-refractivity contribution in [2.75, 3.05) is 20.8 Å². The first-order chi connectivity index (χ1) is 10.2. The Morgan fingerprint density at radius 3 is 2.24 bits per heavy atom. The lowest BCUT2D eigenvalue weighted by Crippen LogP contribution is -2.22. The number of aromatic hydroxyl groups is 1. The maximum Gasteiger partial charge on any atom is 0.200 e. The van der Waals surface area contributed by atoms with Crippen LogP contribution < -0.4 is 14.8 Å². The van der Waals surface area contributed by atoms with Crippen LogP contribution in [0.1, 0.15) is 45.1 Å². The third kappa shape index (κ3) is 5.46. The Balaban J connectivity index is 2.58. The number of unbranched alkanes of at least 4 members (excludes halogenated alkanes) is 1. The number of ether oxygens (including phenoxy) is 2. The summed E-state index contributed by atoms with van der Waals surface area (Å²) >= 11 is 0. The summed E-state index contributed by atoms with van der Waals surface area (Å²) in [5.74, 6) is 1.68. The van der Waals surface area contributed by atoms with Crippen LogP contribution in [0, 0.1) is 5.92 Å². The van der Waals surface area contributed by atoms with Gasteiger partial charge in [-0.2, -0.15) is 0 Å². The normalized spacial score (nSPS) is 12.2. The topological polar surface area (TPSA) is 50.7 Å². The van der Waals surface area contributed by atoms with Gasteiger partial charge in [0.2, 0.25) is 5.75 Å². The first kappa shape index (κ1) is 17.6. The summed E-state index contributed by atoms with van der Waals surface area (Å²) in [5, 5.41) is 13.4. The van der Waals surface area contributed by atoms with Crippen LogP contribution in [0.5, 0.6) is 17.2 Å². The van der Waals surface area contributed by atoms with E-state index in [0.29, 0.717) is 11.5 Å². The first-order valence-corrected chi connectivity index (χ1v) is 7.80. The smallest absolute Gasteiger partial charge is 0.200 e. The lowest BCUT2D eigenvalue weighted by atomic mass is 9.99. The number of phenols is 1. The maximum atomic E-state index is 9.89. The van der Waals surface area contributed by atoms with Gasteiger partial charge >= 0.3 is 0 Å². The Kier molecular flexibility index (Phi) is 7.98. The standard InChI is InChI=1S/C17H29NO3/c1-5-7-8-13(6-2)11-18-12-14-9-15(20-3)17(19)16(10-14)21-4/h9-10,13,18-19H,5-8,11-12H2,1-4H3. The Labute approximate surface area is 128 Å². The molecule has 0 heterocycles. The van der Waals surface area contributed by atoms with Crippen LogP contribution in [-0.4, -0.2) is 25.9 Å². The molecule has 4 heteroatoms. The molecule has 1 aromatic carbocycles. The van der Waals surface area contributed by atoms with Gasteiger partial charge in [-0.1, -0.05) is 33.1 Å². The van der Waals surface area contributed by atoms with E-state index in [-0.39, 0.29) is 5.75 Å². The molecule has 120 valence electrons. The van der Waals surface area contributed by atoms with E-state index in [1.54, 1.807) is 14.2 Å². The summed E-state index contributed by atoms with van der Waals surface area (Å²) in [6.07, 6.45) is 5.03. The van der Waals surface area contributed by atoms with Gasteiger partial charge in [-0.25, -0.2) is 0 Å². The molecule has 0 aromatic heterocycles. The Bertz CT molecular complexity index is 395. The van der Waals surface area contributed by atoms with Crippen LogP contribution in [0.2, 0.25) is 0 Å². The highest BCUT2D eigenvalue weighted by molar-refractivity contribution is 5.52. The Hall–Kier alpha value is -1.42. The van der Waals surface area contributed by atoms with E-state index < -0.39 is 0 Å². The quantitative estimate of drug-likeness (QED) is 0.691. The monoisotopic (exact) mass is 295 g/mol. The predicted molar refractivity (Wildman–Crippen MR) is 86.2 cm³/mol. The lowest BCUT2D eigenvalue weighted by molar-refractivity contribution is 0.338. The van der Waals surface area contributed by atoms with Crippen molar-refractivity contribution < 1.29 is 14.6 Å². The van der Waals surface area contributed by atoms with Gasteiger partial charge in [0, 0.05) is 6.54 Å². The zero-order chi connectivity index (χ0) is 15.7. The van der Waals surface area contributed by atoms with Crippen LogP contribution in [0.15, 0.2) is 12.1 Å². The minimum absolute atomic E-state index is 0.0538. The molecule has 0 saturated carbocycles. The fraction of sp³-hybridized carbons (Fsp3) is 0.647. The lowest BCUT2D eigenvalue weighted by Gasteiger charge is -2.16. The van der Waals surface area contributed by atoms with Crippen molar-refractivity contribution in [3.8, 4) is 17.2 Å². The average molecular weight is 295 g/mol. The van der Waals surface area contributed by atoms with Crippen molar-refractivity contribution in [3.63, 3.8) is 0 Å². The van der Waals surface area contributed by atoms with Crippen molar-refractivity contribution in [2.24, 2.45) is 5.92 Å². The molecule has 0 amide bonds. The van der Waals surface area contributed by atoms with Crippen LogP contribution in [0.25, 0.3) is 0 Å². The summed E-state index contributed by atoms with van der Waals surface area (Å²) in [7, 11) is 3.09.